The van der Waals surface area contributed by atoms with E-state index in [4.69, 9.17) is 16.3 Å². The van der Waals surface area contributed by atoms with E-state index in [0.717, 1.165) is 63.7 Å². The van der Waals surface area contributed by atoms with Crippen LogP contribution in [0.1, 0.15) is 24.1 Å². The fraction of sp³-hybridized carbons (Fsp3) is 0.714. The molecule has 0 amide bonds. The van der Waals surface area contributed by atoms with Gasteiger partial charge in [0, 0.05) is 31.7 Å². The van der Waals surface area contributed by atoms with E-state index >= 15 is 0 Å². The first kappa shape index (κ1) is 14.0. The number of ether oxygens (including phenoxy) is 1. The monoisotopic (exact) mass is 296 g/mol. The Hall–Kier alpha value is -0.910. The quantitative estimate of drug-likeness (QED) is 0.858. The van der Waals surface area contributed by atoms with Gasteiger partial charge in [0.2, 0.25) is 5.28 Å². The van der Waals surface area contributed by atoms with Crippen LogP contribution in [0.4, 0.5) is 5.82 Å². The van der Waals surface area contributed by atoms with E-state index in [9.17, 15) is 0 Å². The normalized spacial score (nSPS) is 19.6. The maximum Gasteiger partial charge on any atom is 0.224 e. The Labute approximate surface area is 124 Å². The van der Waals surface area contributed by atoms with Gasteiger partial charge in [-0.2, -0.15) is 0 Å². The minimum absolute atomic E-state index is 0.361. The van der Waals surface area contributed by atoms with Gasteiger partial charge in [-0.1, -0.05) is 0 Å². The number of hydrogen-bond acceptors (Lipinski definition) is 5. The van der Waals surface area contributed by atoms with Crippen LogP contribution >= 0.6 is 11.6 Å². The highest BCUT2D eigenvalue weighted by Crippen LogP contribution is 2.26. The Morgan fingerprint density at radius 1 is 1.15 bits per heavy atom. The Bertz CT molecular complexity index is 463. The smallest absolute Gasteiger partial charge is 0.224 e. The standard InChI is InChI=1S/C14H21ClN4O/c15-14-17-12-4-2-1-3-11(12)13(18-14)16-5-6-19-7-9-20-10-8-19/h1-10H2,(H,16,17,18). The molecule has 0 saturated carbocycles. The summed E-state index contributed by atoms with van der Waals surface area (Å²) in [5, 5.41) is 3.80. The molecule has 5 nitrogen and oxygen atoms in total. The van der Waals surface area contributed by atoms with Crippen molar-refractivity contribution in [2.24, 2.45) is 0 Å². The van der Waals surface area contributed by atoms with Crippen molar-refractivity contribution in [1.29, 1.82) is 0 Å². The predicted octanol–water partition coefficient (Wildman–Crippen LogP) is 1.75. The highest BCUT2D eigenvalue weighted by molar-refractivity contribution is 6.28. The van der Waals surface area contributed by atoms with Gasteiger partial charge in [0.15, 0.2) is 0 Å². The van der Waals surface area contributed by atoms with Gasteiger partial charge < -0.3 is 10.1 Å². The summed E-state index contributed by atoms with van der Waals surface area (Å²) in [7, 11) is 0. The van der Waals surface area contributed by atoms with E-state index in [2.05, 4.69) is 20.2 Å². The Balaban J connectivity index is 1.60. The minimum Gasteiger partial charge on any atom is -0.379 e. The molecule has 0 unspecified atom stereocenters. The van der Waals surface area contributed by atoms with Crippen molar-refractivity contribution >= 4 is 17.4 Å². The summed E-state index contributed by atoms with van der Waals surface area (Å²) < 4.78 is 5.35. The summed E-state index contributed by atoms with van der Waals surface area (Å²) in [6, 6.07) is 0. The second-order valence-corrected chi connectivity index (χ2v) is 5.69. The van der Waals surface area contributed by atoms with Crippen LogP contribution in [0.3, 0.4) is 0 Å². The van der Waals surface area contributed by atoms with E-state index in [0.29, 0.717) is 5.28 Å². The summed E-state index contributed by atoms with van der Waals surface area (Å²) in [6.07, 6.45) is 4.51. The molecule has 1 aliphatic carbocycles. The zero-order chi connectivity index (χ0) is 13.8. The molecule has 1 aromatic rings. The molecule has 0 spiro atoms. The van der Waals surface area contributed by atoms with Gasteiger partial charge in [-0.05, 0) is 37.3 Å². The summed E-state index contributed by atoms with van der Waals surface area (Å²) in [6.45, 7) is 5.62. The van der Waals surface area contributed by atoms with Crippen molar-refractivity contribution in [1.82, 2.24) is 14.9 Å². The third-order valence-corrected chi connectivity index (χ3v) is 4.15. The van der Waals surface area contributed by atoms with E-state index in [-0.39, 0.29) is 0 Å². The molecule has 0 atom stereocenters. The second-order valence-electron chi connectivity index (χ2n) is 5.35. The van der Waals surface area contributed by atoms with Crippen LogP contribution < -0.4 is 5.32 Å². The molecular weight excluding hydrogens is 276 g/mol. The van der Waals surface area contributed by atoms with Gasteiger partial charge in [0.1, 0.15) is 5.82 Å². The number of nitrogens with zero attached hydrogens (tertiary/aromatic N) is 3. The predicted molar refractivity (Wildman–Crippen MR) is 79.4 cm³/mol. The average molecular weight is 297 g/mol. The number of fused-ring (bicyclic) bond motifs is 1. The molecule has 3 rings (SSSR count). The molecule has 1 aliphatic heterocycles. The van der Waals surface area contributed by atoms with Crippen molar-refractivity contribution in [3.05, 3.63) is 16.5 Å². The van der Waals surface area contributed by atoms with Crippen molar-refractivity contribution in [3.63, 3.8) is 0 Å². The Morgan fingerprint density at radius 3 is 2.80 bits per heavy atom. The van der Waals surface area contributed by atoms with Crippen molar-refractivity contribution in [2.45, 2.75) is 25.7 Å². The number of aryl methyl sites for hydroxylation is 1. The lowest BCUT2D eigenvalue weighted by atomic mass is 9.96. The van der Waals surface area contributed by atoms with Crippen LogP contribution in [0.25, 0.3) is 0 Å². The van der Waals surface area contributed by atoms with Crippen molar-refractivity contribution < 1.29 is 4.74 Å². The number of nitrogens with one attached hydrogen (secondary N) is 1. The van der Waals surface area contributed by atoms with Crippen LogP contribution in [0.15, 0.2) is 0 Å². The number of anilines is 1. The molecule has 1 saturated heterocycles. The van der Waals surface area contributed by atoms with Gasteiger partial charge in [-0.25, -0.2) is 9.97 Å². The number of morpholine rings is 1. The van der Waals surface area contributed by atoms with Gasteiger partial charge >= 0.3 is 0 Å². The van der Waals surface area contributed by atoms with Crippen molar-refractivity contribution in [3.8, 4) is 0 Å². The van der Waals surface area contributed by atoms with Crippen LogP contribution in [-0.4, -0.2) is 54.3 Å². The molecular formula is C14H21ClN4O. The average Bonchev–Trinajstić information content (AvgIpc) is 2.48. The van der Waals surface area contributed by atoms with E-state index in [1.807, 2.05) is 0 Å². The first-order chi connectivity index (χ1) is 9.83. The van der Waals surface area contributed by atoms with Crippen LogP contribution in [0.5, 0.6) is 0 Å². The highest BCUT2D eigenvalue weighted by Gasteiger charge is 2.17. The molecule has 0 bridgehead atoms. The van der Waals surface area contributed by atoms with Gasteiger partial charge in [0.05, 0.1) is 18.9 Å². The molecule has 2 heterocycles. The summed E-state index contributed by atoms with van der Waals surface area (Å²) in [4.78, 5) is 11.1. The maximum absolute atomic E-state index is 6.02. The molecule has 1 aromatic heterocycles. The fourth-order valence-electron chi connectivity index (χ4n) is 2.87. The van der Waals surface area contributed by atoms with Gasteiger partial charge in [-0.15, -0.1) is 0 Å². The number of aromatic nitrogens is 2. The molecule has 2 aliphatic rings. The third kappa shape index (κ3) is 3.40. The van der Waals surface area contributed by atoms with Gasteiger partial charge in [0.25, 0.3) is 0 Å². The van der Waals surface area contributed by atoms with Crippen LogP contribution in [0.2, 0.25) is 5.28 Å². The Morgan fingerprint density at radius 2 is 1.95 bits per heavy atom. The number of halogens is 1. The maximum atomic E-state index is 6.02. The van der Waals surface area contributed by atoms with E-state index < -0.39 is 0 Å². The molecule has 20 heavy (non-hydrogen) atoms. The van der Waals surface area contributed by atoms with Gasteiger partial charge in [-0.3, -0.25) is 4.90 Å². The van der Waals surface area contributed by atoms with Crippen molar-refractivity contribution in [2.75, 3.05) is 44.7 Å². The molecule has 0 aromatic carbocycles. The second kappa shape index (κ2) is 6.70. The fourth-order valence-corrected chi connectivity index (χ4v) is 3.05. The van der Waals surface area contributed by atoms with E-state index in [1.54, 1.807) is 0 Å². The van der Waals surface area contributed by atoms with Crippen LogP contribution in [0, 0.1) is 0 Å². The topological polar surface area (TPSA) is 50.3 Å². The van der Waals surface area contributed by atoms with E-state index in [1.165, 1.54) is 18.4 Å². The highest BCUT2D eigenvalue weighted by atomic mass is 35.5. The lowest BCUT2D eigenvalue weighted by Crippen LogP contribution is -2.39. The zero-order valence-corrected chi connectivity index (χ0v) is 12.5. The van der Waals surface area contributed by atoms with Crippen LogP contribution in [-0.2, 0) is 17.6 Å². The largest absolute Gasteiger partial charge is 0.379 e. The summed E-state index contributed by atoms with van der Waals surface area (Å²) >= 11 is 6.02. The SMILES string of the molecule is Clc1nc2c(c(NCCN3CCOCC3)n1)CCCC2. The zero-order valence-electron chi connectivity index (χ0n) is 11.7. The molecule has 0 radical (unpaired) electrons. The minimum atomic E-state index is 0.361. The Kier molecular flexibility index (Phi) is 4.70. The number of rotatable bonds is 4. The summed E-state index contributed by atoms with van der Waals surface area (Å²) in [5.41, 5.74) is 2.40. The lowest BCUT2D eigenvalue weighted by molar-refractivity contribution is 0.0398. The first-order valence-corrected chi connectivity index (χ1v) is 7.80. The third-order valence-electron chi connectivity index (χ3n) is 3.98. The first-order valence-electron chi connectivity index (χ1n) is 7.42. The summed E-state index contributed by atoms with van der Waals surface area (Å²) in [5.74, 6) is 0.938. The molecule has 110 valence electrons. The number of hydrogen-bond donors (Lipinski definition) is 1. The molecule has 6 heteroatoms. The molecule has 1 fully saturated rings. The molecule has 1 N–H and O–H groups in total. The lowest BCUT2D eigenvalue weighted by Gasteiger charge is -2.27.